The summed E-state index contributed by atoms with van der Waals surface area (Å²) in [5.41, 5.74) is -2.04. The van der Waals surface area contributed by atoms with Crippen LogP contribution in [0.1, 0.15) is 44.6 Å². The van der Waals surface area contributed by atoms with E-state index in [-0.39, 0.29) is 24.7 Å². The minimum Gasteiger partial charge on any atom is -0.452 e. The quantitative estimate of drug-likeness (QED) is 0.381. The smallest absolute Gasteiger partial charge is 0.416 e. The highest BCUT2D eigenvalue weighted by molar-refractivity contribution is 5.83. The predicted octanol–water partition coefficient (Wildman–Crippen LogP) is 3.41. The molecule has 1 aromatic carbocycles. The van der Waals surface area contributed by atoms with Gasteiger partial charge in [0.15, 0.2) is 6.10 Å². The molecule has 0 bridgehead atoms. The molecule has 1 amide bonds. The predicted molar refractivity (Wildman–Crippen MR) is 97.2 cm³/mol. The Bertz CT molecular complexity index is 764. The van der Waals surface area contributed by atoms with E-state index in [1.165, 1.54) is 6.92 Å². The van der Waals surface area contributed by atoms with Gasteiger partial charge in [0.25, 0.3) is 11.6 Å². The molecule has 29 heavy (non-hydrogen) atoms. The summed E-state index contributed by atoms with van der Waals surface area (Å²) in [7, 11) is 0. The first kappa shape index (κ1) is 22.4. The average Bonchev–Trinajstić information content (AvgIpc) is 3.13. The molecule has 1 atom stereocenters. The van der Waals surface area contributed by atoms with Gasteiger partial charge in [-0.3, -0.25) is 19.7 Å². The van der Waals surface area contributed by atoms with Crippen molar-refractivity contribution >= 4 is 23.3 Å². The lowest BCUT2D eigenvalue weighted by Gasteiger charge is -2.17. The molecule has 0 aliphatic heterocycles. The SMILES string of the molecule is C[C@@H](OC(=O)CCNc1ccc(C(F)(F)F)cc1[N+](=O)[O-])C(=O)NC1CCCC1. The summed E-state index contributed by atoms with van der Waals surface area (Å²) in [6.45, 7) is 1.33. The molecule has 2 rings (SSSR count). The summed E-state index contributed by atoms with van der Waals surface area (Å²) in [5, 5.41) is 16.4. The first-order chi connectivity index (χ1) is 13.6. The summed E-state index contributed by atoms with van der Waals surface area (Å²) in [5.74, 6) is -1.10. The number of nitro benzene ring substituents is 1. The fraction of sp³-hybridized carbons (Fsp3) is 0.556. The molecule has 1 aliphatic carbocycles. The molecule has 1 saturated carbocycles. The van der Waals surface area contributed by atoms with Crippen LogP contribution in [0.4, 0.5) is 24.5 Å². The van der Waals surface area contributed by atoms with Gasteiger partial charge in [-0.1, -0.05) is 12.8 Å². The second-order valence-electron chi connectivity index (χ2n) is 6.79. The topological polar surface area (TPSA) is 111 Å². The Morgan fingerprint density at radius 2 is 1.97 bits per heavy atom. The summed E-state index contributed by atoms with van der Waals surface area (Å²) >= 11 is 0. The zero-order chi connectivity index (χ0) is 21.6. The molecule has 0 spiro atoms. The van der Waals surface area contributed by atoms with E-state index in [2.05, 4.69) is 10.6 Å². The van der Waals surface area contributed by atoms with Gasteiger partial charge in [0.05, 0.1) is 16.9 Å². The Morgan fingerprint density at radius 3 is 2.55 bits per heavy atom. The number of rotatable bonds is 8. The minimum atomic E-state index is -4.71. The van der Waals surface area contributed by atoms with E-state index in [0.29, 0.717) is 12.1 Å². The average molecular weight is 417 g/mol. The minimum absolute atomic E-state index is 0.0885. The van der Waals surface area contributed by atoms with Crippen LogP contribution in [0, 0.1) is 10.1 Å². The fourth-order valence-electron chi connectivity index (χ4n) is 3.01. The summed E-state index contributed by atoms with van der Waals surface area (Å²) in [6.07, 6.45) is -2.04. The second kappa shape index (κ2) is 9.57. The molecule has 1 aliphatic rings. The van der Waals surface area contributed by atoms with E-state index in [9.17, 15) is 32.9 Å². The first-order valence-corrected chi connectivity index (χ1v) is 9.17. The van der Waals surface area contributed by atoms with Crippen molar-refractivity contribution in [1.82, 2.24) is 5.32 Å². The Kier molecular flexibility index (Phi) is 7.40. The highest BCUT2D eigenvalue weighted by atomic mass is 19.4. The van der Waals surface area contributed by atoms with Gasteiger partial charge >= 0.3 is 12.1 Å². The summed E-state index contributed by atoms with van der Waals surface area (Å²) in [4.78, 5) is 33.9. The van der Waals surface area contributed by atoms with Crippen LogP contribution in [-0.2, 0) is 20.5 Å². The molecule has 11 heteroatoms. The number of esters is 1. The van der Waals surface area contributed by atoms with Gasteiger partial charge in [-0.05, 0) is 31.9 Å². The van der Waals surface area contributed by atoms with E-state index in [4.69, 9.17) is 4.74 Å². The van der Waals surface area contributed by atoms with Crippen LogP contribution in [0.2, 0.25) is 0 Å². The van der Waals surface area contributed by atoms with Gasteiger partial charge < -0.3 is 15.4 Å². The number of alkyl halides is 3. The van der Waals surface area contributed by atoms with Crippen LogP contribution in [0.25, 0.3) is 0 Å². The van der Waals surface area contributed by atoms with Crippen molar-refractivity contribution in [3.8, 4) is 0 Å². The number of anilines is 1. The van der Waals surface area contributed by atoms with Gasteiger partial charge in [0.1, 0.15) is 5.69 Å². The first-order valence-electron chi connectivity index (χ1n) is 9.17. The van der Waals surface area contributed by atoms with E-state index in [1.807, 2.05) is 0 Å². The molecule has 0 unspecified atom stereocenters. The number of hydrogen-bond donors (Lipinski definition) is 2. The van der Waals surface area contributed by atoms with Gasteiger partial charge in [0, 0.05) is 18.7 Å². The molecule has 1 fully saturated rings. The third-order valence-corrected chi connectivity index (χ3v) is 4.55. The van der Waals surface area contributed by atoms with Crippen LogP contribution in [-0.4, -0.2) is 35.5 Å². The lowest BCUT2D eigenvalue weighted by Crippen LogP contribution is -2.41. The number of nitro groups is 1. The van der Waals surface area contributed by atoms with Gasteiger partial charge in [-0.25, -0.2) is 0 Å². The Labute approximate surface area is 164 Å². The molecule has 1 aromatic rings. The molecule has 8 nitrogen and oxygen atoms in total. The third-order valence-electron chi connectivity index (χ3n) is 4.55. The van der Waals surface area contributed by atoms with Gasteiger partial charge in [-0.2, -0.15) is 13.2 Å². The van der Waals surface area contributed by atoms with Crippen LogP contribution >= 0.6 is 0 Å². The number of amides is 1. The van der Waals surface area contributed by atoms with Gasteiger partial charge in [-0.15, -0.1) is 0 Å². The fourth-order valence-corrected chi connectivity index (χ4v) is 3.01. The van der Waals surface area contributed by atoms with Crippen molar-refractivity contribution in [2.75, 3.05) is 11.9 Å². The third kappa shape index (κ3) is 6.61. The van der Waals surface area contributed by atoms with Crippen LogP contribution < -0.4 is 10.6 Å². The molecular formula is C18H22F3N3O5. The standard InChI is InChI=1S/C18H22F3N3O5/c1-11(17(26)23-13-4-2-3-5-13)29-16(25)8-9-22-14-7-6-12(18(19,20)21)10-15(14)24(27)28/h6-7,10-11,13,22H,2-5,8-9H2,1H3,(H,23,26)/t11-/m1/s1. The number of benzene rings is 1. The van der Waals surface area contributed by atoms with E-state index < -0.39 is 40.3 Å². The number of ether oxygens (including phenoxy) is 1. The monoisotopic (exact) mass is 417 g/mol. The van der Waals surface area contributed by atoms with Crippen molar-refractivity contribution in [2.45, 2.75) is 57.3 Å². The zero-order valence-corrected chi connectivity index (χ0v) is 15.8. The Hall–Kier alpha value is -2.85. The molecule has 0 aromatic heterocycles. The number of nitrogens with one attached hydrogen (secondary N) is 2. The Balaban J connectivity index is 1.84. The van der Waals surface area contributed by atoms with Crippen LogP contribution in [0.3, 0.4) is 0 Å². The van der Waals surface area contributed by atoms with Crippen molar-refractivity contribution in [3.05, 3.63) is 33.9 Å². The van der Waals surface area contributed by atoms with E-state index >= 15 is 0 Å². The van der Waals surface area contributed by atoms with E-state index in [0.717, 1.165) is 31.7 Å². The highest BCUT2D eigenvalue weighted by Crippen LogP contribution is 2.34. The number of carbonyl (C=O) groups is 2. The summed E-state index contributed by atoms with van der Waals surface area (Å²) < 4.78 is 43.1. The lowest BCUT2D eigenvalue weighted by atomic mass is 10.1. The molecule has 0 saturated heterocycles. The number of halogens is 3. The van der Waals surface area contributed by atoms with Crippen LogP contribution in [0.15, 0.2) is 18.2 Å². The maximum atomic E-state index is 12.7. The normalized spacial score (nSPS) is 15.6. The molecule has 160 valence electrons. The van der Waals surface area contributed by atoms with Crippen molar-refractivity contribution in [3.63, 3.8) is 0 Å². The molecule has 2 N–H and O–H groups in total. The second-order valence-corrected chi connectivity index (χ2v) is 6.79. The van der Waals surface area contributed by atoms with Crippen molar-refractivity contribution < 1.29 is 32.4 Å². The van der Waals surface area contributed by atoms with Crippen molar-refractivity contribution in [2.24, 2.45) is 0 Å². The molecule has 0 heterocycles. The zero-order valence-electron chi connectivity index (χ0n) is 15.8. The number of carbonyl (C=O) groups excluding carboxylic acids is 2. The van der Waals surface area contributed by atoms with Crippen LogP contribution in [0.5, 0.6) is 0 Å². The number of hydrogen-bond acceptors (Lipinski definition) is 6. The molecule has 0 radical (unpaired) electrons. The van der Waals surface area contributed by atoms with Gasteiger partial charge in [0.2, 0.25) is 0 Å². The summed E-state index contributed by atoms with van der Waals surface area (Å²) in [6, 6.07) is 2.16. The maximum Gasteiger partial charge on any atom is 0.416 e. The maximum absolute atomic E-state index is 12.7. The molecular weight excluding hydrogens is 395 g/mol. The largest absolute Gasteiger partial charge is 0.452 e. The Morgan fingerprint density at radius 1 is 1.31 bits per heavy atom. The van der Waals surface area contributed by atoms with Crippen molar-refractivity contribution in [1.29, 1.82) is 0 Å². The number of nitrogens with zero attached hydrogens (tertiary/aromatic N) is 1. The van der Waals surface area contributed by atoms with E-state index in [1.54, 1.807) is 0 Å². The lowest BCUT2D eigenvalue weighted by molar-refractivity contribution is -0.384. The highest BCUT2D eigenvalue weighted by Gasteiger charge is 2.33.